The Kier molecular flexibility index (Phi) is 5.15. The third kappa shape index (κ3) is 3.72. The predicted molar refractivity (Wildman–Crippen MR) is 106 cm³/mol. The van der Waals surface area contributed by atoms with Gasteiger partial charge in [-0.05, 0) is 29.8 Å². The van der Waals surface area contributed by atoms with Gasteiger partial charge in [0.25, 0.3) is 0 Å². The van der Waals surface area contributed by atoms with Crippen molar-refractivity contribution >= 4 is 34.1 Å². The molecular weight excluding hydrogens is 415 g/mol. The second kappa shape index (κ2) is 7.91. The van der Waals surface area contributed by atoms with Crippen molar-refractivity contribution in [2.75, 3.05) is 7.11 Å². The molecule has 2 aromatic carbocycles. The Balaban J connectivity index is 1.53. The summed E-state index contributed by atoms with van der Waals surface area (Å²) in [6.07, 6.45) is 1.42. The molecule has 0 atom stereocenters. The molecule has 2 aromatic heterocycles. The Morgan fingerprint density at radius 3 is 2.80 bits per heavy atom. The van der Waals surface area contributed by atoms with Crippen LogP contribution in [0, 0.1) is 5.82 Å². The van der Waals surface area contributed by atoms with Gasteiger partial charge >= 0.3 is 5.91 Å². The first-order valence-corrected chi connectivity index (χ1v) is 9.02. The van der Waals surface area contributed by atoms with Crippen molar-refractivity contribution in [3.8, 4) is 11.6 Å². The summed E-state index contributed by atoms with van der Waals surface area (Å²) in [5.41, 5.74) is 1.10. The molecule has 9 nitrogen and oxygen atoms in total. The summed E-state index contributed by atoms with van der Waals surface area (Å²) in [6, 6.07) is 9.90. The monoisotopic (exact) mass is 428 g/mol. The molecule has 2 heterocycles. The summed E-state index contributed by atoms with van der Waals surface area (Å²) in [5, 5.41) is 24.9. The van der Waals surface area contributed by atoms with Gasteiger partial charge in [-0.25, -0.2) is 9.07 Å². The van der Waals surface area contributed by atoms with Gasteiger partial charge in [-0.1, -0.05) is 28.9 Å². The molecule has 11 heteroatoms. The molecule has 0 radical (unpaired) electrons. The van der Waals surface area contributed by atoms with Crippen LogP contribution in [0.15, 0.2) is 52.8 Å². The number of carbonyl (C=O) groups excluding carboxylic acids is 1. The maximum Gasteiger partial charge on any atom is 0.317 e. The van der Waals surface area contributed by atoms with Crippen LogP contribution in [0.4, 0.5) is 10.1 Å². The Morgan fingerprint density at radius 1 is 1.30 bits per heavy atom. The number of hydrogen-bond donors (Lipinski definition) is 2. The van der Waals surface area contributed by atoms with Gasteiger partial charge in [0.1, 0.15) is 11.6 Å². The Morgan fingerprint density at radius 2 is 2.07 bits per heavy atom. The number of carbonyl (C=O) groups is 1. The lowest BCUT2D eigenvalue weighted by atomic mass is 10.2. The highest BCUT2D eigenvalue weighted by molar-refractivity contribution is 6.36. The first-order valence-electron chi connectivity index (χ1n) is 8.64. The minimum Gasteiger partial charge on any atom is -0.497 e. The predicted octanol–water partition coefficient (Wildman–Crippen LogP) is 4.24. The van der Waals surface area contributed by atoms with E-state index in [0.717, 1.165) is 17.4 Å². The summed E-state index contributed by atoms with van der Waals surface area (Å²) in [6.45, 7) is 0.388. The molecule has 152 valence electrons. The highest BCUT2D eigenvalue weighted by Gasteiger charge is 2.17. The van der Waals surface area contributed by atoms with E-state index in [2.05, 4.69) is 25.5 Å². The van der Waals surface area contributed by atoms with Crippen LogP contribution in [0.3, 0.4) is 0 Å². The van der Waals surface area contributed by atoms with Crippen molar-refractivity contribution < 1.29 is 19.0 Å². The van der Waals surface area contributed by atoms with E-state index in [1.807, 2.05) is 24.3 Å². The fourth-order valence-electron chi connectivity index (χ4n) is 2.83. The number of aromatic hydroxyl groups is 1. The number of halogens is 2. The first kappa shape index (κ1) is 19.5. The molecule has 0 aliphatic heterocycles. The van der Waals surface area contributed by atoms with E-state index in [0.29, 0.717) is 12.1 Å². The van der Waals surface area contributed by atoms with Gasteiger partial charge in [0.2, 0.25) is 5.88 Å². The van der Waals surface area contributed by atoms with Crippen LogP contribution in [0.5, 0.6) is 11.6 Å². The fourth-order valence-corrected chi connectivity index (χ4v) is 3.08. The lowest BCUT2D eigenvalue weighted by Gasteiger charge is -2.02. The molecule has 0 saturated carbocycles. The maximum atomic E-state index is 13.7. The second-order valence-corrected chi connectivity index (χ2v) is 6.64. The van der Waals surface area contributed by atoms with Gasteiger partial charge in [0.15, 0.2) is 11.4 Å². The molecule has 0 fully saturated rings. The fraction of sp³-hybridized carbons (Fsp3) is 0.105. The summed E-state index contributed by atoms with van der Waals surface area (Å²) in [5.74, 6) is -1.13. The van der Waals surface area contributed by atoms with E-state index in [4.69, 9.17) is 16.3 Å². The number of ether oxygens (including phenoxy) is 1. The average Bonchev–Trinajstić information content (AvgIpc) is 3.34. The Bertz CT molecular complexity index is 1270. The lowest BCUT2D eigenvalue weighted by molar-refractivity contribution is 0.0990. The number of rotatable bonds is 5. The molecule has 30 heavy (non-hydrogen) atoms. The van der Waals surface area contributed by atoms with E-state index in [9.17, 15) is 14.3 Å². The Hall–Kier alpha value is -3.79. The highest BCUT2D eigenvalue weighted by atomic mass is 35.5. The zero-order valence-corrected chi connectivity index (χ0v) is 16.3. The van der Waals surface area contributed by atoms with E-state index in [1.165, 1.54) is 16.9 Å². The van der Waals surface area contributed by atoms with Gasteiger partial charge in [0, 0.05) is 0 Å². The number of azo groups is 1. The number of methoxy groups -OCH3 is 1. The van der Waals surface area contributed by atoms with Gasteiger partial charge in [-0.15, -0.1) is 15.3 Å². The molecule has 0 bridgehead atoms. The maximum absolute atomic E-state index is 13.7. The van der Waals surface area contributed by atoms with Gasteiger partial charge in [-0.2, -0.15) is 0 Å². The molecular formula is C19H14ClFN6O3. The molecule has 0 aliphatic rings. The molecule has 0 saturated heterocycles. The van der Waals surface area contributed by atoms with Crippen molar-refractivity contribution in [1.29, 1.82) is 0 Å². The van der Waals surface area contributed by atoms with E-state index in [-0.39, 0.29) is 21.8 Å². The van der Waals surface area contributed by atoms with Crippen molar-refractivity contribution in [1.82, 2.24) is 20.0 Å². The third-order valence-electron chi connectivity index (χ3n) is 4.31. The van der Waals surface area contributed by atoms with Gasteiger partial charge in [0.05, 0.1) is 35.8 Å². The van der Waals surface area contributed by atoms with E-state index < -0.39 is 17.6 Å². The molecule has 0 unspecified atom stereocenters. The van der Waals surface area contributed by atoms with Crippen LogP contribution in [0.1, 0.15) is 16.1 Å². The minimum atomic E-state index is -0.780. The Labute approximate surface area is 173 Å². The van der Waals surface area contributed by atoms with Crippen molar-refractivity contribution in [2.24, 2.45) is 10.2 Å². The number of amides is 1. The summed E-state index contributed by atoms with van der Waals surface area (Å²) in [4.78, 5) is 14.9. The van der Waals surface area contributed by atoms with E-state index >= 15 is 0 Å². The zero-order valence-electron chi connectivity index (χ0n) is 15.5. The van der Waals surface area contributed by atoms with Crippen molar-refractivity contribution in [3.63, 3.8) is 0 Å². The van der Waals surface area contributed by atoms with E-state index in [1.54, 1.807) is 7.11 Å². The summed E-state index contributed by atoms with van der Waals surface area (Å²) in [7, 11) is 1.58. The van der Waals surface area contributed by atoms with Crippen molar-refractivity contribution in [2.45, 2.75) is 6.54 Å². The largest absolute Gasteiger partial charge is 0.497 e. The second-order valence-electron chi connectivity index (χ2n) is 6.26. The smallest absolute Gasteiger partial charge is 0.317 e. The SMILES string of the molecule is COc1ccc(Cn2cc(C(=O)N=Nc3c(O)[nH]c4ccc(F)c(Cl)c34)nn2)cc1. The highest BCUT2D eigenvalue weighted by Crippen LogP contribution is 2.40. The van der Waals surface area contributed by atoms with Crippen LogP contribution >= 0.6 is 11.6 Å². The van der Waals surface area contributed by atoms with Crippen LogP contribution in [0.25, 0.3) is 10.9 Å². The standard InChI is InChI=1S/C19H14ClFN6O3/c1-30-11-4-2-10(3-5-11)8-27-9-14(23-26-27)18(28)25-24-17-15-13(22-19(17)29)7-6-12(21)16(15)20/h2-7,9,22,29H,8H2,1H3. The summed E-state index contributed by atoms with van der Waals surface area (Å²) < 4.78 is 20.3. The number of benzene rings is 2. The number of aromatic amines is 1. The van der Waals surface area contributed by atoms with Crippen LogP contribution in [-0.4, -0.2) is 38.1 Å². The molecule has 1 amide bonds. The number of aromatic nitrogens is 4. The molecule has 0 spiro atoms. The van der Waals surface area contributed by atoms with Gasteiger partial charge in [-0.3, -0.25) is 4.79 Å². The molecule has 4 rings (SSSR count). The first-order chi connectivity index (χ1) is 14.5. The number of H-pyrrole nitrogens is 1. The topological polar surface area (TPSA) is 118 Å². The molecule has 2 N–H and O–H groups in total. The molecule has 0 aliphatic carbocycles. The number of fused-ring (bicyclic) bond motifs is 1. The third-order valence-corrected chi connectivity index (χ3v) is 4.68. The van der Waals surface area contributed by atoms with Gasteiger partial charge < -0.3 is 14.8 Å². The summed E-state index contributed by atoms with van der Waals surface area (Å²) >= 11 is 5.95. The zero-order chi connectivity index (χ0) is 21.3. The van der Waals surface area contributed by atoms with Crippen LogP contribution < -0.4 is 4.74 Å². The number of hydrogen-bond acceptors (Lipinski definition) is 6. The normalized spacial score (nSPS) is 11.4. The molecule has 4 aromatic rings. The van der Waals surface area contributed by atoms with Crippen LogP contribution in [0.2, 0.25) is 5.02 Å². The minimum absolute atomic E-state index is 0.0381. The lowest BCUT2D eigenvalue weighted by Crippen LogP contribution is -2.00. The average molecular weight is 429 g/mol. The van der Waals surface area contributed by atoms with Crippen LogP contribution in [-0.2, 0) is 6.54 Å². The van der Waals surface area contributed by atoms with Crippen molar-refractivity contribution in [3.05, 3.63) is 64.7 Å². The number of nitrogens with zero attached hydrogens (tertiary/aromatic N) is 5. The quantitative estimate of drug-likeness (QED) is 0.461. The number of nitrogens with one attached hydrogen (secondary N) is 1.